The van der Waals surface area contributed by atoms with Crippen molar-refractivity contribution in [1.82, 2.24) is 19.6 Å². The van der Waals surface area contributed by atoms with Crippen LogP contribution in [0.3, 0.4) is 0 Å². The predicted molar refractivity (Wildman–Crippen MR) is 81.7 cm³/mol. The van der Waals surface area contributed by atoms with E-state index >= 15 is 0 Å². The van der Waals surface area contributed by atoms with Gasteiger partial charge in [-0.2, -0.15) is 4.31 Å². The second-order valence-electron chi connectivity index (χ2n) is 4.55. The van der Waals surface area contributed by atoms with Gasteiger partial charge >= 0.3 is 0 Å². The van der Waals surface area contributed by atoms with Crippen LogP contribution in [0.15, 0.2) is 41.8 Å². The number of nitrogens with zero attached hydrogens (tertiary/aromatic N) is 2. The zero-order chi connectivity index (χ0) is 16.2. The van der Waals surface area contributed by atoms with E-state index in [1.165, 1.54) is 19.6 Å². The predicted octanol–water partition coefficient (Wildman–Crippen LogP) is 1.000. The van der Waals surface area contributed by atoms with E-state index in [-0.39, 0.29) is 18.1 Å². The Morgan fingerprint density at radius 2 is 2.14 bits per heavy atom. The largest absolute Gasteiger partial charge is 0.351 e. The summed E-state index contributed by atoms with van der Waals surface area (Å²) in [5, 5.41) is 3.11. The van der Waals surface area contributed by atoms with E-state index in [2.05, 4.69) is 15.3 Å². The number of carbonyl (C=O) groups excluding carboxylic acids is 1. The SMILES string of the molecule is CN(CC(=O)NCc1ccccc1Cl)S(=O)(=O)c1cnc[nH]1. The number of benzene rings is 1. The summed E-state index contributed by atoms with van der Waals surface area (Å²) in [5.41, 5.74) is 0.761. The first kappa shape index (κ1) is 16.5. The second kappa shape index (κ2) is 6.91. The Morgan fingerprint density at radius 3 is 2.77 bits per heavy atom. The van der Waals surface area contributed by atoms with E-state index in [0.29, 0.717) is 5.02 Å². The topological polar surface area (TPSA) is 95.2 Å². The summed E-state index contributed by atoms with van der Waals surface area (Å²) in [6, 6.07) is 7.10. The van der Waals surface area contributed by atoms with Crippen molar-refractivity contribution in [3.63, 3.8) is 0 Å². The third-order valence-corrected chi connectivity index (χ3v) is 5.06. The maximum absolute atomic E-state index is 12.1. The van der Waals surface area contributed by atoms with Gasteiger partial charge in [0.2, 0.25) is 5.91 Å². The molecule has 1 aromatic heterocycles. The third kappa shape index (κ3) is 3.85. The van der Waals surface area contributed by atoms with Crippen LogP contribution in [-0.4, -0.2) is 42.2 Å². The number of hydrogen-bond donors (Lipinski definition) is 2. The lowest BCUT2D eigenvalue weighted by Gasteiger charge is -2.15. The molecule has 9 heteroatoms. The van der Waals surface area contributed by atoms with E-state index in [1.807, 2.05) is 6.07 Å². The highest BCUT2D eigenvalue weighted by atomic mass is 35.5. The number of amides is 1. The van der Waals surface area contributed by atoms with Gasteiger partial charge in [-0.05, 0) is 11.6 Å². The zero-order valence-electron chi connectivity index (χ0n) is 11.8. The standard InChI is InChI=1S/C13H15ClN4O3S/c1-18(22(20,21)13-7-15-9-17-13)8-12(19)16-6-10-4-2-3-5-11(10)14/h2-5,7,9H,6,8H2,1H3,(H,15,17)(H,16,19). The Morgan fingerprint density at radius 1 is 1.41 bits per heavy atom. The lowest BCUT2D eigenvalue weighted by molar-refractivity contribution is -0.121. The number of imidazole rings is 1. The van der Waals surface area contributed by atoms with Crippen LogP contribution >= 0.6 is 11.6 Å². The van der Waals surface area contributed by atoms with Crippen LogP contribution in [0.5, 0.6) is 0 Å². The van der Waals surface area contributed by atoms with Crippen LogP contribution < -0.4 is 5.32 Å². The average molecular weight is 343 g/mol. The highest BCUT2D eigenvalue weighted by Crippen LogP contribution is 2.14. The number of halogens is 1. The summed E-state index contributed by atoms with van der Waals surface area (Å²) >= 11 is 5.98. The molecule has 1 heterocycles. The molecule has 0 saturated carbocycles. The molecule has 22 heavy (non-hydrogen) atoms. The van der Waals surface area contributed by atoms with Crippen molar-refractivity contribution >= 4 is 27.5 Å². The number of H-pyrrole nitrogens is 1. The van der Waals surface area contributed by atoms with Crippen molar-refractivity contribution in [2.75, 3.05) is 13.6 Å². The minimum absolute atomic E-state index is 0.0612. The first-order valence-corrected chi connectivity index (χ1v) is 8.18. The summed E-state index contributed by atoms with van der Waals surface area (Å²) in [6.07, 6.45) is 2.45. The fourth-order valence-electron chi connectivity index (χ4n) is 1.73. The molecular weight excluding hydrogens is 328 g/mol. The minimum Gasteiger partial charge on any atom is -0.351 e. The van der Waals surface area contributed by atoms with Crippen molar-refractivity contribution < 1.29 is 13.2 Å². The molecule has 0 unspecified atom stereocenters. The number of hydrogen-bond acceptors (Lipinski definition) is 4. The summed E-state index contributed by atoms with van der Waals surface area (Å²) in [4.78, 5) is 18.0. The molecule has 118 valence electrons. The summed E-state index contributed by atoms with van der Waals surface area (Å²) in [5.74, 6) is -0.425. The van der Waals surface area contributed by atoms with Gasteiger partial charge in [0.1, 0.15) is 0 Å². The molecule has 2 N–H and O–H groups in total. The lowest BCUT2D eigenvalue weighted by Crippen LogP contribution is -2.38. The Bertz CT molecular complexity index is 746. The van der Waals surface area contributed by atoms with Gasteiger partial charge in [0.15, 0.2) is 5.03 Å². The molecule has 2 aromatic rings. The smallest absolute Gasteiger partial charge is 0.260 e. The van der Waals surface area contributed by atoms with E-state index in [9.17, 15) is 13.2 Å². The molecule has 2 rings (SSSR count). The number of rotatable bonds is 6. The molecular formula is C13H15ClN4O3S. The molecule has 0 saturated heterocycles. The number of carbonyl (C=O) groups is 1. The van der Waals surface area contributed by atoms with Gasteiger partial charge < -0.3 is 10.3 Å². The zero-order valence-corrected chi connectivity index (χ0v) is 13.4. The molecule has 0 aliphatic heterocycles. The minimum atomic E-state index is -3.75. The molecule has 0 spiro atoms. The van der Waals surface area contributed by atoms with Crippen LogP contribution in [0.25, 0.3) is 0 Å². The highest BCUT2D eigenvalue weighted by Gasteiger charge is 2.24. The van der Waals surface area contributed by atoms with E-state index in [0.717, 1.165) is 9.87 Å². The van der Waals surface area contributed by atoms with Crippen molar-refractivity contribution in [3.8, 4) is 0 Å². The van der Waals surface area contributed by atoms with Gasteiger partial charge in [0.25, 0.3) is 10.0 Å². The van der Waals surface area contributed by atoms with Crippen molar-refractivity contribution in [2.24, 2.45) is 0 Å². The van der Waals surface area contributed by atoms with Gasteiger partial charge in [-0.15, -0.1) is 0 Å². The van der Waals surface area contributed by atoms with Crippen molar-refractivity contribution in [1.29, 1.82) is 0 Å². The molecule has 0 bridgehead atoms. The second-order valence-corrected chi connectivity index (χ2v) is 6.97. The first-order valence-electron chi connectivity index (χ1n) is 6.36. The van der Waals surface area contributed by atoms with Gasteiger partial charge in [0.05, 0.1) is 19.1 Å². The summed E-state index contributed by atoms with van der Waals surface area (Å²) in [6.45, 7) is -0.0672. The fraction of sp³-hybridized carbons (Fsp3) is 0.231. The third-order valence-electron chi connectivity index (χ3n) is 2.96. The Balaban J connectivity index is 1.93. The van der Waals surface area contributed by atoms with Gasteiger partial charge in [-0.3, -0.25) is 4.79 Å². The van der Waals surface area contributed by atoms with Crippen LogP contribution in [0.2, 0.25) is 5.02 Å². The van der Waals surface area contributed by atoms with Crippen molar-refractivity contribution in [2.45, 2.75) is 11.6 Å². The van der Waals surface area contributed by atoms with Gasteiger partial charge in [0, 0.05) is 18.6 Å². The fourth-order valence-corrected chi connectivity index (χ4v) is 2.95. The molecule has 0 aliphatic carbocycles. The monoisotopic (exact) mass is 342 g/mol. The van der Waals surface area contributed by atoms with Crippen LogP contribution in [0.4, 0.5) is 0 Å². The van der Waals surface area contributed by atoms with Crippen LogP contribution in [0.1, 0.15) is 5.56 Å². The molecule has 0 radical (unpaired) electrons. The Hall–Kier alpha value is -1.90. The van der Waals surface area contributed by atoms with Gasteiger partial charge in [-0.25, -0.2) is 13.4 Å². The van der Waals surface area contributed by atoms with E-state index in [1.54, 1.807) is 18.2 Å². The highest BCUT2D eigenvalue weighted by molar-refractivity contribution is 7.89. The molecule has 0 fully saturated rings. The maximum atomic E-state index is 12.1. The average Bonchev–Trinajstić information content (AvgIpc) is 3.01. The molecule has 1 aromatic carbocycles. The number of sulfonamides is 1. The number of nitrogens with one attached hydrogen (secondary N) is 2. The maximum Gasteiger partial charge on any atom is 0.260 e. The van der Waals surface area contributed by atoms with Gasteiger partial charge in [-0.1, -0.05) is 29.8 Å². The molecule has 0 aliphatic rings. The lowest BCUT2D eigenvalue weighted by atomic mass is 10.2. The Labute approximate surface area is 133 Å². The molecule has 1 amide bonds. The van der Waals surface area contributed by atoms with Crippen molar-refractivity contribution in [3.05, 3.63) is 47.4 Å². The number of aromatic amines is 1. The number of aromatic nitrogens is 2. The van der Waals surface area contributed by atoms with E-state index < -0.39 is 15.9 Å². The Kier molecular flexibility index (Phi) is 5.17. The summed E-state index contributed by atoms with van der Waals surface area (Å²) in [7, 11) is -2.43. The van der Waals surface area contributed by atoms with Crippen LogP contribution in [0, 0.1) is 0 Å². The van der Waals surface area contributed by atoms with E-state index in [4.69, 9.17) is 11.6 Å². The van der Waals surface area contributed by atoms with Crippen LogP contribution in [-0.2, 0) is 21.4 Å². The number of likely N-dealkylation sites (N-methyl/N-ethyl adjacent to an activating group) is 1. The molecule has 0 atom stereocenters. The quantitative estimate of drug-likeness (QED) is 0.818. The normalized spacial score (nSPS) is 11.6. The molecule has 7 nitrogen and oxygen atoms in total. The first-order chi connectivity index (χ1) is 10.4. The summed E-state index contributed by atoms with van der Waals surface area (Å²) < 4.78 is 25.2.